The number of hydrogen-bond acceptors (Lipinski definition) is 3. The molecular weight excluding hydrogens is 281 g/mol. The van der Waals surface area contributed by atoms with E-state index >= 15 is 0 Å². The summed E-state index contributed by atoms with van der Waals surface area (Å²) in [5.41, 5.74) is 3.51. The Balaban J connectivity index is 2.33. The Morgan fingerprint density at radius 3 is 2.47 bits per heavy atom. The van der Waals surface area contributed by atoms with E-state index in [1.54, 1.807) is 18.2 Å². The van der Waals surface area contributed by atoms with Gasteiger partial charge in [-0.05, 0) is 25.1 Å². The van der Waals surface area contributed by atoms with Gasteiger partial charge in [-0.15, -0.1) is 0 Å². The molecule has 2 N–H and O–H groups in total. The van der Waals surface area contributed by atoms with Crippen molar-refractivity contribution >= 4 is 52.1 Å². The fraction of sp³-hybridized carbons (Fsp3) is 0.200. The molecule has 0 aromatic heterocycles. The Hall–Kier alpha value is -0.880. The maximum Gasteiger partial charge on any atom is 0.341 e. The first-order valence-corrected chi connectivity index (χ1v) is 6.01. The first kappa shape index (κ1) is 12.6. The number of hydrazine groups is 1. The van der Waals surface area contributed by atoms with Crippen molar-refractivity contribution in [3.63, 3.8) is 0 Å². The van der Waals surface area contributed by atoms with Crippen molar-refractivity contribution in [1.29, 1.82) is 0 Å². The van der Waals surface area contributed by atoms with Crippen molar-refractivity contribution in [2.45, 2.75) is 13.0 Å². The van der Waals surface area contributed by atoms with Crippen LogP contribution in [0.25, 0.3) is 0 Å². The van der Waals surface area contributed by atoms with E-state index in [2.05, 4.69) is 10.7 Å². The molecule has 1 aromatic carbocycles. The first-order chi connectivity index (χ1) is 7.97. The minimum absolute atomic E-state index is 0.138. The molecule has 90 valence electrons. The maximum absolute atomic E-state index is 11.8. The third-order valence-electron chi connectivity index (χ3n) is 2.25. The van der Waals surface area contributed by atoms with Gasteiger partial charge in [0.15, 0.2) is 0 Å². The van der Waals surface area contributed by atoms with E-state index in [4.69, 9.17) is 35.4 Å². The van der Waals surface area contributed by atoms with Gasteiger partial charge in [0.05, 0.1) is 11.7 Å². The van der Waals surface area contributed by atoms with Crippen molar-refractivity contribution in [3.8, 4) is 0 Å². The predicted molar refractivity (Wildman–Crippen MR) is 72.7 cm³/mol. The highest BCUT2D eigenvalue weighted by Gasteiger charge is 2.27. The van der Waals surface area contributed by atoms with Crippen LogP contribution < -0.4 is 15.8 Å². The fourth-order valence-corrected chi connectivity index (χ4v) is 2.10. The molecule has 0 radical (unpaired) electrons. The minimum atomic E-state index is -0.355. The Kier molecular flexibility index (Phi) is 3.53. The Labute approximate surface area is 114 Å². The summed E-state index contributed by atoms with van der Waals surface area (Å²) in [6.45, 7) is 1.85. The lowest BCUT2D eigenvalue weighted by Crippen LogP contribution is -2.63. The number of anilines is 1. The molecule has 17 heavy (non-hydrogen) atoms. The van der Waals surface area contributed by atoms with Gasteiger partial charge in [-0.2, -0.15) is 0 Å². The number of halogens is 2. The van der Waals surface area contributed by atoms with Gasteiger partial charge in [0, 0.05) is 10.0 Å². The summed E-state index contributed by atoms with van der Waals surface area (Å²) in [5, 5.41) is 4.84. The van der Waals surface area contributed by atoms with E-state index in [-0.39, 0.29) is 12.1 Å². The molecule has 2 amide bonds. The molecule has 0 saturated carbocycles. The van der Waals surface area contributed by atoms with E-state index in [0.29, 0.717) is 20.7 Å². The molecule has 1 aromatic rings. The lowest BCUT2D eigenvalue weighted by Gasteiger charge is -2.33. The van der Waals surface area contributed by atoms with Gasteiger partial charge >= 0.3 is 6.03 Å². The third-order valence-corrected chi connectivity index (χ3v) is 3.15. The van der Waals surface area contributed by atoms with Gasteiger partial charge in [-0.3, -0.25) is 5.32 Å². The zero-order valence-corrected chi connectivity index (χ0v) is 11.2. The summed E-state index contributed by atoms with van der Waals surface area (Å²) in [6, 6.07) is 4.39. The number of nitrogens with one attached hydrogen (secondary N) is 2. The second-order valence-electron chi connectivity index (χ2n) is 3.61. The normalized spacial score (nSPS) is 20.4. The van der Waals surface area contributed by atoms with Gasteiger partial charge in [-0.1, -0.05) is 35.4 Å². The van der Waals surface area contributed by atoms with Gasteiger partial charge < -0.3 is 0 Å². The minimum Gasteiger partial charge on any atom is -0.299 e. The number of benzene rings is 1. The molecule has 4 nitrogen and oxygen atoms in total. The molecule has 1 aliphatic rings. The second kappa shape index (κ2) is 4.78. The van der Waals surface area contributed by atoms with Gasteiger partial charge in [0.1, 0.15) is 4.99 Å². The monoisotopic (exact) mass is 289 g/mol. The van der Waals surface area contributed by atoms with Crippen LogP contribution in [0.15, 0.2) is 18.2 Å². The average molecular weight is 290 g/mol. The first-order valence-electron chi connectivity index (χ1n) is 4.84. The molecular formula is C10H9Cl2N3OS. The number of amides is 2. The van der Waals surface area contributed by atoms with Crippen molar-refractivity contribution in [2.24, 2.45) is 0 Å². The van der Waals surface area contributed by atoms with Crippen LogP contribution in [-0.4, -0.2) is 17.1 Å². The van der Waals surface area contributed by atoms with Gasteiger partial charge in [0.2, 0.25) is 0 Å². The van der Waals surface area contributed by atoms with E-state index < -0.39 is 0 Å². The number of carbonyl (C=O) groups excluding carboxylic acids is 1. The van der Waals surface area contributed by atoms with E-state index in [9.17, 15) is 4.79 Å². The van der Waals surface area contributed by atoms with E-state index in [1.165, 1.54) is 5.01 Å². The number of thiocarbonyl (C=S) groups is 1. The predicted octanol–water partition coefficient (Wildman–Crippen LogP) is 2.74. The van der Waals surface area contributed by atoms with Crippen LogP contribution in [0.5, 0.6) is 0 Å². The lowest BCUT2D eigenvalue weighted by atomic mass is 10.3. The van der Waals surface area contributed by atoms with Gasteiger partial charge in [-0.25, -0.2) is 15.2 Å². The Bertz CT molecular complexity index is 474. The maximum atomic E-state index is 11.8. The highest BCUT2D eigenvalue weighted by atomic mass is 35.5. The molecule has 1 heterocycles. The SMILES string of the molecule is CC1NN(c2cc(Cl)cc(Cl)c2)C(=O)NC1=S. The molecule has 1 fully saturated rings. The summed E-state index contributed by atoms with van der Waals surface area (Å²) >= 11 is 16.8. The summed E-state index contributed by atoms with van der Waals surface area (Å²) < 4.78 is 0. The third kappa shape index (κ3) is 2.69. The second-order valence-corrected chi connectivity index (χ2v) is 4.92. The Morgan fingerprint density at radius 2 is 1.88 bits per heavy atom. The summed E-state index contributed by atoms with van der Waals surface area (Å²) in [7, 11) is 0. The molecule has 1 unspecified atom stereocenters. The highest BCUT2D eigenvalue weighted by molar-refractivity contribution is 7.80. The summed E-state index contributed by atoms with van der Waals surface area (Å²) in [4.78, 5) is 12.2. The van der Waals surface area contributed by atoms with Crippen molar-refractivity contribution in [2.75, 3.05) is 5.01 Å². The molecule has 7 heteroatoms. The molecule has 0 aliphatic carbocycles. The smallest absolute Gasteiger partial charge is 0.299 e. The van der Waals surface area contributed by atoms with Crippen LogP contribution in [0.4, 0.5) is 10.5 Å². The van der Waals surface area contributed by atoms with Gasteiger partial charge in [0.25, 0.3) is 0 Å². The molecule has 2 rings (SSSR count). The number of carbonyl (C=O) groups is 1. The van der Waals surface area contributed by atoms with Crippen LogP contribution >= 0.6 is 35.4 Å². The molecule has 0 spiro atoms. The van der Waals surface area contributed by atoms with E-state index in [1.807, 2.05) is 6.92 Å². The molecule has 0 bridgehead atoms. The number of hydrogen-bond donors (Lipinski definition) is 2. The number of nitrogens with zero attached hydrogens (tertiary/aromatic N) is 1. The molecule has 1 aliphatic heterocycles. The van der Waals surface area contributed by atoms with Crippen LogP contribution in [-0.2, 0) is 0 Å². The number of rotatable bonds is 1. The largest absolute Gasteiger partial charge is 0.341 e. The van der Waals surface area contributed by atoms with Crippen molar-refractivity contribution < 1.29 is 4.79 Å². The zero-order valence-electron chi connectivity index (χ0n) is 8.83. The number of urea groups is 1. The summed E-state index contributed by atoms with van der Waals surface area (Å²) in [5.74, 6) is 0. The average Bonchev–Trinajstić information content (AvgIpc) is 2.22. The standard InChI is InChI=1S/C10H9Cl2N3OS/c1-5-9(17)13-10(16)15(14-5)8-3-6(11)2-7(12)4-8/h2-5,14H,1H3,(H,13,16,17). The zero-order chi connectivity index (χ0) is 12.6. The van der Waals surface area contributed by atoms with Crippen molar-refractivity contribution in [3.05, 3.63) is 28.2 Å². The Morgan fingerprint density at radius 1 is 1.29 bits per heavy atom. The topological polar surface area (TPSA) is 44.4 Å². The highest BCUT2D eigenvalue weighted by Crippen LogP contribution is 2.25. The quantitative estimate of drug-likeness (QED) is 0.782. The van der Waals surface area contributed by atoms with Crippen LogP contribution in [0.2, 0.25) is 10.0 Å². The lowest BCUT2D eigenvalue weighted by molar-refractivity contribution is 0.245. The fourth-order valence-electron chi connectivity index (χ4n) is 1.44. The molecule has 1 atom stereocenters. The van der Waals surface area contributed by atoms with Crippen LogP contribution in [0.3, 0.4) is 0 Å². The van der Waals surface area contributed by atoms with E-state index in [0.717, 1.165) is 0 Å². The van der Waals surface area contributed by atoms with Crippen LogP contribution in [0.1, 0.15) is 6.92 Å². The summed E-state index contributed by atoms with van der Waals surface area (Å²) in [6.07, 6.45) is 0. The van der Waals surface area contributed by atoms with Crippen molar-refractivity contribution in [1.82, 2.24) is 10.7 Å². The molecule has 1 saturated heterocycles. The van der Waals surface area contributed by atoms with Crippen LogP contribution in [0, 0.1) is 0 Å².